The quantitative estimate of drug-likeness (QED) is 0.672. The largest absolute Gasteiger partial charge is 0.351 e. The second-order valence-electron chi connectivity index (χ2n) is 4.61. The molecule has 2 aromatic carbocycles. The summed E-state index contributed by atoms with van der Waals surface area (Å²) in [5, 5.41) is 13.8. The summed E-state index contributed by atoms with van der Waals surface area (Å²) in [7, 11) is 0. The van der Waals surface area contributed by atoms with Crippen LogP contribution in [0.1, 0.15) is 15.9 Å². The molecule has 0 atom stereocenters. The van der Waals surface area contributed by atoms with Gasteiger partial charge in [0.1, 0.15) is 5.56 Å². The van der Waals surface area contributed by atoms with Crippen molar-refractivity contribution in [3.8, 4) is 11.1 Å². The van der Waals surface area contributed by atoms with E-state index in [-0.39, 0.29) is 17.2 Å². The summed E-state index contributed by atoms with van der Waals surface area (Å²) in [6.45, 7) is 0.507. The minimum atomic E-state index is -0.501. The average Bonchev–Trinajstić information content (AvgIpc) is 2.47. The minimum Gasteiger partial charge on any atom is -0.351 e. The number of nitro benzene ring substituents is 1. The molecule has 0 spiro atoms. The number of nitrogens with one attached hydrogen (secondary N) is 1. The highest BCUT2D eigenvalue weighted by molar-refractivity contribution is 6.02. The lowest BCUT2D eigenvalue weighted by molar-refractivity contribution is -0.385. The first kappa shape index (κ1) is 12.3. The molecule has 0 saturated carbocycles. The van der Waals surface area contributed by atoms with Gasteiger partial charge in [-0.25, -0.2) is 0 Å². The van der Waals surface area contributed by atoms with Gasteiger partial charge >= 0.3 is 0 Å². The smallest absolute Gasteiger partial charge is 0.282 e. The Kier molecular flexibility index (Phi) is 2.95. The van der Waals surface area contributed by atoms with Crippen molar-refractivity contribution in [2.45, 2.75) is 6.42 Å². The van der Waals surface area contributed by atoms with Gasteiger partial charge in [0.2, 0.25) is 0 Å². The molecule has 0 fully saturated rings. The van der Waals surface area contributed by atoms with Crippen molar-refractivity contribution in [2.75, 3.05) is 6.54 Å². The van der Waals surface area contributed by atoms with Gasteiger partial charge in [-0.3, -0.25) is 14.9 Å². The monoisotopic (exact) mass is 268 g/mol. The number of hydrogen-bond acceptors (Lipinski definition) is 3. The molecule has 0 bridgehead atoms. The number of rotatable bonds is 2. The van der Waals surface area contributed by atoms with Crippen molar-refractivity contribution in [3.05, 3.63) is 63.7 Å². The maximum atomic E-state index is 12.0. The molecule has 0 saturated heterocycles. The zero-order chi connectivity index (χ0) is 14.1. The fourth-order valence-electron chi connectivity index (χ4n) is 2.58. The maximum absolute atomic E-state index is 12.0. The van der Waals surface area contributed by atoms with Crippen LogP contribution in [0, 0.1) is 10.1 Å². The van der Waals surface area contributed by atoms with E-state index in [1.54, 1.807) is 6.07 Å². The van der Waals surface area contributed by atoms with Gasteiger partial charge in [0, 0.05) is 12.6 Å². The fraction of sp³-hybridized carbons (Fsp3) is 0.133. The Hall–Kier alpha value is -2.69. The molecule has 0 radical (unpaired) electrons. The normalized spacial score (nSPS) is 13.5. The number of fused-ring (bicyclic) bond motifs is 1. The predicted molar refractivity (Wildman–Crippen MR) is 74.6 cm³/mol. The number of amides is 1. The van der Waals surface area contributed by atoms with Crippen LogP contribution in [0.2, 0.25) is 0 Å². The first-order valence-electron chi connectivity index (χ1n) is 6.32. The summed E-state index contributed by atoms with van der Waals surface area (Å²) >= 11 is 0. The highest BCUT2D eigenvalue weighted by atomic mass is 16.6. The summed E-state index contributed by atoms with van der Waals surface area (Å²) in [4.78, 5) is 22.6. The van der Waals surface area contributed by atoms with E-state index in [0.29, 0.717) is 13.0 Å². The van der Waals surface area contributed by atoms with E-state index in [9.17, 15) is 14.9 Å². The molecule has 1 heterocycles. The lowest BCUT2D eigenvalue weighted by Crippen LogP contribution is -2.32. The summed E-state index contributed by atoms with van der Waals surface area (Å²) in [6, 6.07) is 12.7. The van der Waals surface area contributed by atoms with Crippen LogP contribution in [-0.2, 0) is 6.42 Å². The maximum Gasteiger partial charge on any atom is 0.282 e. The van der Waals surface area contributed by atoms with Crippen LogP contribution >= 0.6 is 0 Å². The molecule has 1 aliphatic heterocycles. The molecule has 3 rings (SSSR count). The van der Waals surface area contributed by atoms with Crippen molar-refractivity contribution in [3.63, 3.8) is 0 Å². The average molecular weight is 268 g/mol. The Bertz CT molecular complexity index is 696. The van der Waals surface area contributed by atoms with E-state index in [4.69, 9.17) is 0 Å². The standard InChI is InChI=1S/C15H12N2O3/c18-15-14-12(8-9-16-15)11(6-7-13(14)17(19)20)10-4-2-1-3-5-10/h1-7H,8-9H2,(H,16,18). The van der Waals surface area contributed by atoms with Crippen molar-refractivity contribution in [2.24, 2.45) is 0 Å². The second-order valence-corrected chi connectivity index (χ2v) is 4.61. The zero-order valence-corrected chi connectivity index (χ0v) is 10.6. The zero-order valence-electron chi connectivity index (χ0n) is 10.6. The summed E-state index contributed by atoms with van der Waals surface area (Å²) < 4.78 is 0. The number of carbonyl (C=O) groups is 1. The molecule has 1 N–H and O–H groups in total. The first-order valence-corrected chi connectivity index (χ1v) is 6.32. The van der Waals surface area contributed by atoms with Gasteiger partial charge in [-0.1, -0.05) is 30.3 Å². The SMILES string of the molecule is O=C1NCCc2c(-c3ccccc3)ccc([N+](=O)[O-])c21. The van der Waals surface area contributed by atoms with Crippen molar-refractivity contribution in [1.29, 1.82) is 0 Å². The van der Waals surface area contributed by atoms with E-state index in [1.807, 2.05) is 30.3 Å². The number of carbonyl (C=O) groups excluding carboxylic acids is 1. The van der Waals surface area contributed by atoms with Gasteiger partial charge in [-0.2, -0.15) is 0 Å². The minimum absolute atomic E-state index is 0.128. The van der Waals surface area contributed by atoms with Crippen LogP contribution < -0.4 is 5.32 Å². The van der Waals surface area contributed by atoms with Gasteiger partial charge in [-0.15, -0.1) is 0 Å². The number of hydrogen-bond donors (Lipinski definition) is 1. The van der Waals surface area contributed by atoms with Gasteiger partial charge in [-0.05, 0) is 29.2 Å². The molecule has 2 aromatic rings. The van der Waals surface area contributed by atoms with Crippen LogP contribution in [0.15, 0.2) is 42.5 Å². The Morgan fingerprint density at radius 3 is 2.55 bits per heavy atom. The van der Waals surface area contributed by atoms with Crippen LogP contribution in [-0.4, -0.2) is 17.4 Å². The van der Waals surface area contributed by atoms with Crippen LogP contribution in [0.4, 0.5) is 5.69 Å². The summed E-state index contributed by atoms with van der Waals surface area (Å²) in [5.74, 6) is -0.365. The fourth-order valence-corrected chi connectivity index (χ4v) is 2.58. The number of benzene rings is 2. The third-order valence-electron chi connectivity index (χ3n) is 3.46. The Morgan fingerprint density at radius 1 is 1.10 bits per heavy atom. The molecule has 0 aliphatic carbocycles. The van der Waals surface area contributed by atoms with Crippen molar-refractivity contribution < 1.29 is 9.72 Å². The van der Waals surface area contributed by atoms with E-state index in [2.05, 4.69) is 5.32 Å². The van der Waals surface area contributed by atoms with E-state index in [1.165, 1.54) is 6.07 Å². The Balaban J connectivity index is 2.27. The highest BCUT2D eigenvalue weighted by Gasteiger charge is 2.29. The van der Waals surface area contributed by atoms with Crippen molar-refractivity contribution in [1.82, 2.24) is 5.32 Å². The Labute approximate surface area is 115 Å². The van der Waals surface area contributed by atoms with E-state index < -0.39 is 4.92 Å². The molecule has 1 aliphatic rings. The van der Waals surface area contributed by atoms with Gasteiger partial charge in [0.05, 0.1) is 4.92 Å². The summed E-state index contributed by atoms with van der Waals surface area (Å²) in [5.41, 5.74) is 2.68. The third-order valence-corrected chi connectivity index (χ3v) is 3.46. The second kappa shape index (κ2) is 4.77. The van der Waals surface area contributed by atoms with Crippen LogP contribution in [0.25, 0.3) is 11.1 Å². The number of nitrogens with zero attached hydrogens (tertiary/aromatic N) is 1. The first-order chi connectivity index (χ1) is 9.68. The third kappa shape index (κ3) is 1.93. The Morgan fingerprint density at radius 2 is 1.85 bits per heavy atom. The van der Waals surface area contributed by atoms with Crippen LogP contribution in [0.3, 0.4) is 0 Å². The number of nitro groups is 1. The molecule has 0 aromatic heterocycles. The van der Waals surface area contributed by atoms with E-state index >= 15 is 0 Å². The molecule has 5 heteroatoms. The molecular weight excluding hydrogens is 256 g/mol. The molecular formula is C15H12N2O3. The topological polar surface area (TPSA) is 72.2 Å². The van der Waals surface area contributed by atoms with Crippen molar-refractivity contribution >= 4 is 11.6 Å². The van der Waals surface area contributed by atoms with Gasteiger partial charge in [0.25, 0.3) is 11.6 Å². The van der Waals surface area contributed by atoms with Crippen LogP contribution in [0.5, 0.6) is 0 Å². The molecule has 0 unspecified atom stereocenters. The lowest BCUT2D eigenvalue weighted by Gasteiger charge is -2.19. The van der Waals surface area contributed by atoms with Gasteiger partial charge < -0.3 is 5.32 Å². The molecule has 100 valence electrons. The summed E-state index contributed by atoms with van der Waals surface area (Å²) in [6.07, 6.45) is 0.604. The van der Waals surface area contributed by atoms with Gasteiger partial charge in [0.15, 0.2) is 0 Å². The van der Waals surface area contributed by atoms with E-state index in [0.717, 1.165) is 16.7 Å². The molecule has 1 amide bonds. The lowest BCUT2D eigenvalue weighted by atomic mass is 9.90. The molecule has 20 heavy (non-hydrogen) atoms. The molecule has 5 nitrogen and oxygen atoms in total. The predicted octanol–water partition coefficient (Wildman–Crippen LogP) is 2.55. The highest BCUT2D eigenvalue weighted by Crippen LogP contribution is 2.33.